The fourth-order valence-electron chi connectivity index (χ4n) is 1.06. The Hall–Kier alpha value is 0.873. The van der Waals surface area contributed by atoms with Crippen LogP contribution in [0.3, 0.4) is 0 Å². The van der Waals surface area contributed by atoms with Crippen LogP contribution in [-0.4, -0.2) is 6.61 Å². The third-order valence-corrected chi connectivity index (χ3v) is 2.39. The van der Waals surface area contributed by atoms with E-state index in [9.17, 15) is 0 Å². The fourth-order valence-corrected chi connectivity index (χ4v) is 1.76. The smallest absolute Gasteiger partial charge is 0.147 e. The van der Waals surface area contributed by atoms with Gasteiger partial charge in [-0.2, -0.15) is 0 Å². The van der Waals surface area contributed by atoms with Gasteiger partial charge in [0, 0.05) is 0 Å². The van der Waals surface area contributed by atoms with Crippen molar-refractivity contribution in [2.45, 2.75) is 39.5 Å². The molecule has 0 saturated heterocycles. The summed E-state index contributed by atoms with van der Waals surface area (Å²) < 4.78 is 5.22. The van der Waals surface area contributed by atoms with Crippen molar-refractivity contribution in [2.24, 2.45) is 5.92 Å². The monoisotopic (exact) mass is 229 g/mol. The Morgan fingerprint density at radius 1 is 1.36 bits per heavy atom. The van der Waals surface area contributed by atoms with Gasteiger partial charge in [-0.3, -0.25) is 0 Å². The molecule has 0 N–H and O–H groups in total. The molecule has 0 aliphatic rings. The van der Waals surface area contributed by atoms with Crippen molar-refractivity contribution in [1.29, 1.82) is 0 Å². The number of hydrogen-bond acceptors (Lipinski definition) is 1. The first-order chi connectivity index (χ1) is 4.85. The molecule has 1 atom stereocenters. The van der Waals surface area contributed by atoms with Crippen LogP contribution < -0.4 is 0 Å². The van der Waals surface area contributed by atoms with Gasteiger partial charge in [0.25, 0.3) is 0 Å². The van der Waals surface area contributed by atoms with Crippen LogP contribution in [-0.2, 0) is 22.2 Å². The Bertz CT molecular complexity index is 71.1. The average molecular weight is 231 g/mol. The van der Waals surface area contributed by atoms with E-state index in [2.05, 4.69) is 13.8 Å². The van der Waals surface area contributed by atoms with E-state index in [1.165, 1.54) is 25.7 Å². The number of halogens is 1. The first kappa shape index (κ1) is 14.4. The summed E-state index contributed by atoms with van der Waals surface area (Å²) in [6, 6.07) is 0. The van der Waals surface area contributed by atoms with Gasteiger partial charge in [-0.1, -0.05) is 0 Å². The Labute approximate surface area is 86.8 Å². The predicted octanol–water partition coefficient (Wildman–Crippen LogP) is 3.10. The SMILES string of the molecule is CCCCC(CC)C[O][Zn].Cl. The Kier molecular flexibility index (Phi) is 14.2. The molecule has 0 fully saturated rings. The van der Waals surface area contributed by atoms with E-state index >= 15 is 0 Å². The summed E-state index contributed by atoms with van der Waals surface area (Å²) in [5, 5.41) is 0. The zero-order chi connectivity index (χ0) is 7.82. The van der Waals surface area contributed by atoms with Gasteiger partial charge in [-0.05, 0) is 0 Å². The molecular formula is C8H18ClOZn. The van der Waals surface area contributed by atoms with Gasteiger partial charge in [0.15, 0.2) is 0 Å². The zero-order valence-corrected chi connectivity index (χ0v) is 11.4. The average Bonchev–Trinajstić information content (AvgIpc) is 1.98. The molecule has 0 rings (SSSR count). The van der Waals surface area contributed by atoms with E-state index in [0.717, 1.165) is 31.2 Å². The number of hydrogen-bond donors (Lipinski definition) is 0. The third kappa shape index (κ3) is 8.78. The minimum atomic E-state index is 0. The molecule has 0 aromatic rings. The molecule has 0 amide bonds. The van der Waals surface area contributed by atoms with Gasteiger partial charge in [-0.25, -0.2) is 0 Å². The van der Waals surface area contributed by atoms with Gasteiger partial charge in [-0.15, -0.1) is 12.4 Å². The Morgan fingerprint density at radius 3 is 2.36 bits per heavy atom. The van der Waals surface area contributed by atoms with Crippen LogP contribution in [0.25, 0.3) is 0 Å². The van der Waals surface area contributed by atoms with Gasteiger partial charge in [0.05, 0.1) is 0 Å². The van der Waals surface area contributed by atoms with Crippen molar-refractivity contribution >= 4 is 12.4 Å². The molecule has 0 radical (unpaired) electrons. The molecule has 0 aliphatic heterocycles. The number of rotatable bonds is 6. The van der Waals surface area contributed by atoms with Crippen LogP contribution in [0.1, 0.15) is 39.5 Å². The summed E-state index contributed by atoms with van der Waals surface area (Å²) >= 11 is 0.989. The van der Waals surface area contributed by atoms with Crippen molar-refractivity contribution in [3.05, 3.63) is 0 Å². The minimum Gasteiger partial charge on any atom is -0.147 e. The van der Waals surface area contributed by atoms with Crippen molar-refractivity contribution in [2.75, 3.05) is 6.61 Å². The van der Waals surface area contributed by atoms with Crippen LogP contribution in [0.2, 0.25) is 0 Å². The normalized spacial score (nSPS) is 12.4. The van der Waals surface area contributed by atoms with Gasteiger partial charge >= 0.3 is 74.3 Å². The van der Waals surface area contributed by atoms with Crippen LogP contribution >= 0.6 is 12.4 Å². The molecule has 1 unspecified atom stereocenters. The third-order valence-electron chi connectivity index (χ3n) is 1.90. The molecular weight excluding hydrogens is 213 g/mol. The second-order valence-electron chi connectivity index (χ2n) is 2.79. The molecule has 11 heavy (non-hydrogen) atoms. The summed E-state index contributed by atoms with van der Waals surface area (Å²) in [6.07, 6.45) is 5.31. The van der Waals surface area contributed by atoms with Gasteiger partial charge < -0.3 is 0 Å². The van der Waals surface area contributed by atoms with Crippen molar-refractivity contribution in [3.8, 4) is 0 Å². The summed E-state index contributed by atoms with van der Waals surface area (Å²) in [4.78, 5) is 0. The molecule has 0 spiro atoms. The van der Waals surface area contributed by atoms with E-state index < -0.39 is 0 Å². The minimum absolute atomic E-state index is 0. The summed E-state index contributed by atoms with van der Waals surface area (Å²) in [5.41, 5.74) is 0. The maximum atomic E-state index is 5.22. The molecule has 3 heteroatoms. The number of unbranched alkanes of at least 4 members (excludes halogenated alkanes) is 1. The molecule has 0 aromatic heterocycles. The van der Waals surface area contributed by atoms with E-state index in [-0.39, 0.29) is 12.4 Å². The predicted molar refractivity (Wildman–Crippen MR) is 46.5 cm³/mol. The van der Waals surface area contributed by atoms with E-state index in [1.807, 2.05) is 0 Å². The summed E-state index contributed by atoms with van der Waals surface area (Å²) in [5.74, 6) is 0.827. The fraction of sp³-hybridized carbons (Fsp3) is 1.00. The molecule has 1 nitrogen and oxygen atoms in total. The first-order valence-corrected chi connectivity index (χ1v) is 5.43. The van der Waals surface area contributed by atoms with E-state index in [4.69, 9.17) is 3.56 Å². The maximum Gasteiger partial charge on any atom is -0.147 e. The standard InChI is InChI=1S/C8H17O.ClH.Zn/c1-3-5-6-8(4-2)7-9;;/h8H,3-7H2,1-2H3;1H;/q-1;;+1. The van der Waals surface area contributed by atoms with E-state index in [1.54, 1.807) is 0 Å². The largest absolute Gasteiger partial charge is 0.147 e. The first-order valence-electron chi connectivity index (χ1n) is 4.22. The van der Waals surface area contributed by atoms with Crippen LogP contribution in [0.15, 0.2) is 0 Å². The molecule has 0 bridgehead atoms. The van der Waals surface area contributed by atoms with Crippen molar-refractivity contribution in [1.82, 2.24) is 0 Å². The quantitative estimate of drug-likeness (QED) is 0.638. The summed E-state index contributed by atoms with van der Waals surface area (Å²) in [6.45, 7) is 5.49. The van der Waals surface area contributed by atoms with Crippen LogP contribution in [0.5, 0.6) is 0 Å². The molecule has 65 valence electrons. The molecule has 0 aliphatic carbocycles. The van der Waals surface area contributed by atoms with Crippen LogP contribution in [0, 0.1) is 5.92 Å². The second kappa shape index (κ2) is 10.9. The topological polar surface area (TPSA) is 9.23 Å². The van der Waals surface area contributed by atoms with Crippen molar-refractivity contribution in [3.63, 3.8) is 0 Å². The maximum absolute atomic E-state index is 5.22. The second-order valence-corrected chi connectivity index (χ2v) is 3.64. The van der Waals surface area contributed by atoms with Gasteiger partial charge in [0.1, 0.15) is 0 Å². The van der Waals surface area contributed by atoms with E-state index in [0.29, 0.717) is 0 Å². The van der Waals surface area contributed by atoms with Crippen molar-refractivity contribution < 1.29 is 22.2 Å². The molecule has 0 heterocycles. The Balaban J connectivity index is 0. The molecule has 0 aromatic carbocycles. The Morgan fingerprint density at radius 2 is 2.00 bits per heavy atom. The van der Waals surface area contributed by atoms with Crippen LogP contribution in [0.4, 0.5) is 0 Å². The summed E-state index contributed by atoms with van der Waals surface area (Å²) in [7, 11) is 0. The zero-order valence-electron chi connectivity index (χ0n) is 7.64. The van der Waals surface area contributed by atoms with Gasteiger partial charge in [0.2, 0.25) is 0 Å². The molecule has 0 saturated carbocycles.